The van der Waals surface area contributed by atoms with Crippen LogP contribution in [0, 0.1) is 0 Å². The number of anilines is 1. The molecule has 4 rings (SSSR count). The lowest BCUT2D eigenvalue weighted by molar-refractivity contribution is -0.763. The molecule has 0 radical (unpaired) electrons. The molecule has 1 unspecified atom stereocenters. The molecule has 0 saturated heterocycles. The fraction of sp³-hybridized carbons (Fsp3) is 0.273. The number of carbonyl (C=O) groups is 1. The van der Waals surface area contributed by atoms with E-state index in [0.717, 1.165) is 0 Å². The molecule has 1 aromatic heterocycles. The van der Waals surface area contributed by atoms with Crippen molar-refractivity contribution in [3.63, 3.8) is 0 Å². The largest absolute Gasteiger partial charge is 0.493 e. The van der Waals surface area contributed by atoms with Gasteiger partial charge in [-0.25, -0.2) is 4.90 Å². The van der Waals surface area contributed by atoms with Crippen LogP contribution in [0.3, 0.4) is 0 Å². The summed E-state index contributed by atoms with van der Waals surface area (Å²) in [6.07, 6.45) is 1.02. The van der Waals surface area contributed by atoms with Crippen LogP contribution in [0.25, 0.3) is 11.3 Å². The SMILES string of the molecule is COc1ccc(C2N(C(C)=O)c3ccccc3-c3c(=O)[nH]c(SC)n[n+]32)c(OC)c1OC. The van der Waals surface area contributed by atoms with E-state index in [1.54, 1.807) is 27.8 Å². The third kappa shape index (κ3) is 3.27. The maximum absolute atomic E-state index is 13.1. The third-order valence-corrected chi connectivity index (χ3v) is 5.87. The second-order valence-electron chi connectivity index (χ2n) is 6.96. The van der Waals surface area contributed by atoms with Crippen LogP contribution in [0.2, 0.25) is 0 Å². The van der Waals surface area contributed by atoms with Gasteiger partial charge in [0.15, 0.2) is 11.5 Å². The fourth-order valence-corrected chi connectivity index (χ4v) is 4.38. The summed E-state index contributed by atoms with van der Waals surface area (Å²) in [6, 6.07) is 10.8. The van der Waals surface area contributed by atoms with E-state index in [1.807, 2.05) is 24.5 Å². The number of methoxy groups -OCH3 is 3. The van der Waals surface area contributed by atoms with Crippen molar-refractivity contribution in [3.8, 4) is 28.5 Å². The zero-order valence-electron chi connectivity index (χ0n) is 18.3. The highest BCUT2D eigenvalue weighted by atomic mass is 32.2. The normalized spacial score (nSPS) is 14.4. The van der Waals surface area contributed by atoms with Crippen LogP contribution in [0.1, 0.15) is 18.7 Å². The molecule has 1 aliphatic rings. The standard InChI is InChI=1S/C22H22N4O5S/c1-12(27)25-15-9-7-6-8-13(15)17-20(28)23-22(32-5)24-26(17)21(25)14-10-11-16(29-2)19(31-4)18(14)30-3/h6-11,21H,1-5H3/p+1. The Morgan fingerprint density at radius 2 is 1.81 bits per heavy atom. The van der Waals surface area contributed by atoms with Crippen molar-refractivity contribution in [2.75, 3.05) is 32.5 Å². The number of nitrogens with zero attached hydrogens (tertiary/aromatic N) is 3. The predicted octanol–water partition coefficient (Wildman–Crippen LogP) is 2.39. The van der Waals surface area contributed by atoms with Crippen LogP contribution in [-0.4, -0.2) is 43.6 Å². The van der Waals surface area contributed by atoms with Crippen LogP contribution in [-0.2, 0) is 4.79 Å². The van der Waals surface area contributed by atoms with Gasteiger partial charge in [0.25, 0.3) is 6.17 Å². The van der Waals surface area contributed by atoms with Crippen molar-refractivity contribution in [1.82, 2.24) is 10.1 Å². The number of carbonyl (C=O) groups excluding carboxylic acids is 1. The Bertz CT molecular complexity index is 1260. The number of thioether (sulfide) groups is 1. The van der Waals surface area contributed by atoms with Gasteiger partial charge in [-0.3, -0.25) is 14.6 Å². The maximum atomic E-state index is 13.1. The Morgan fingerprint density at radius 3 is 2.44 bits per heavy atom. The van der Waals surface area contributed by atoms with Crippen LogP contribution in [0.5, 0.6) is 17.2 Å². The molecule has 10 heteroatoms. The Hall–Kier alpha value is -3.53. The molecule has 1 aliphatic heterocycles. The number of hydrogen-bond donors (Lipinski definition) is 1. The molecule has 0 saturated carbocycles. The van der Waals surface area contributed by atoms with Gasteiger partial charge in [-0.15, -0.1) is 0 Å². The topological polar surface area (TPSA) is 97.6 Å². The average Bonchev–Trinajstić information content (AvgIpc) is 2.81. The summed E-state index contributed by atoms with van der Waals surface area (Å²) in [5.41, 5.74) is 1.85. The Balaban J connectivity index is 2.12. The van der Waals surface area contributed by atoms with E-state index >= 15 is 0 Å². The van der Waals surface area contributed by atoms with Gasteiger partial charge < -0.3 is 14.2 Å². The Morgan fingerprint density at radius 1 is 1.09 bits per heavy atom. The molecule has 2 aromatic carbocycles. The highest BCUT2D eigenvalue weighted by Crippen LogP contribution is 2.45. The Labute approximate surface area is 188 Å². The first-order valence-electron chi connectivity index (χ1n) is 9.75. The summed E-state index contributed by atoms with van der Waals surface area (Å²) >= 11 is 1.30. The van der Waals surface area contributed by atoms with Crippen LogP contribution >= 0.6 is 11.8 Å². The molecule has 3 aromatic rings. The second-order valence-corrected chi connectivity index (χ2v) is 7.75. The molecule has 0 spiro atoms. The zero-order valence-corrected chi connectivity index (χ0v) is 19.1. The van der Waals surface area contributed by atoms with Crippen molar-refractivity contribution in [2.24, 2.45) is 0 Å². The summed E-state index contributed by atoms with van der Waals surface area (Å²) in [6.45, 7) is 1.48. The van der Waals surface area contributed by atoms with Crippen LogP contribution in [0.4, 0.5) is 5.69 Å². The first-order valence-corrected chi connectivity index (χ1v) is 11.0. The summed E-state index contributed by atoms with van der Waals surface area (Å²) < 4.78 is 18.2. The minimum atomic E-state index is -0.791. The lowest BCUT2D eigenvalue weighted by atomic mass is 10.0. The van der Waals surface area contributed by atoms with E-state index in [4.69, 9.17) is 14.2 Å². The van der Waals surface area contributed by atoms with E-state index in [-0.39, 0.29) is 11.5 Å². The number of amides is 1. The molecule has 1 N–H and O–H groups in total. The number of nitrogens with one attached hydrogen (secondary N) is 1. The van der Waals surface area contributed by atoms with Crippen molar-refractivity contribution in [2.45, 2.75) is 18.2 Å². The number of ether oxygens (including phenoxy) is 3. The van der Waals surface area contributed by atoms with Gasteiger partial charge in [0, 0.05) is 12.0 Å². The highest BCUT2D eigenvalue weighted by Gasteiger charge is 2.46. The zero-order chi connectivity index (χ0) is 23.0. The Kier molecular flexibility index (Phi) is 5.79. The molecule has 0 bridgehead atoms. The number of aromatic nitrogens is 3. The van der Waals surface area contributed by atoms with E-state index in [1.165, 1.54) is 40.0 Å². The van der Waals surface area contributed by atoms with E-state index < -0.39 is 6.17 Å². The molecule has 32 heavy (non-hydrogen) atoms. The second kappa shape index (κ2) is 8.54. The molecule has 9 nitrogen and oxygen atoms in total. The van der Waals surface area contributed by atoms with E-state index in [9.17, 15) is 9.59 Å². The fourth-order valence-electron chi connectivity index (χ4n) is 4.01. The number of para-hydroxylation sites is 1. The number of benzene rings is 2. The van der Waals surface area contributed by atoms with Crippen molar-refractivity contribution < 1.29 is 23.7 Å². The van der Waals surface area contributed by atoms with Gasteiger partial charge in [0.1, 0.15) is 0 Å². The van der Waals surface area contributed by atoms with Crippen molar-refractivity contribution in [3.05, 3.63) is 52.3 Å². The maximum Gasteiger partial charge on any atom is 0.325 e. The van der Waals surface area contributed by atoms with Gasteiger partial charge in [0.05, 0.1) is 38.1 Å². The first-order chi connectivity index (χ1) is 15.5. The molecule has 1 atom stereocenters. The highest BCUT2D eigenvalue weighted by molar-refractivity contribution is 7.98. The van der Waals surface area contributed by atoms with Gasteiger partial charge in [-0.1, -0.05) is 23.9 Å². The molecular weight excluding hydrogens is 432 g/mol. The molecule has 0 fully saturated rings. The minimum Gasteiger partial charge on any atom is -0.493 e. The summed E-state index contributed by atoms with van der Waals surface area (Å²) in [5.74, 6) is 1.03. The first kappa shape index (κ1) is 21.7. The van der Waals surface area contributed by atoms with Crippen LogP contribution < -0.4 is 29.4 Å². The summed E-state index contributed by atoms with van der Waals surface area (Å²) in [5, 5.41) is 5.08. The molecule has 1 amide bonds. The number of aromatic amines is 1. The molecule has 166 valence electrons. The van der Waals surface area contributed by atoms with E-state index in [0.29, 0.717) is 44.9 Å². The van der Waals surface area contributed by atoms with Crippen molar-refractivity contribution >= 4 is 23.4 Å². The molecular formula is C22H23N4O5S+. The predicted molar refractivity (Wildman–Crippen MR) is 120 cm³/mol. The lowest BCUT2D eigenvalue weighted by Crippen LogP contribution is -2.60. The van der Waals surface area contributed by atoms with E-state index in [2.05, 4.69) is 10.1 Å². The number of hydrogen-bond acceptors (Lipinski definition) is 7. The minimum absolute atomic E-state index is 0.217. The average molecular weight is 456 g/mol. The van der Waals surface area contributed by atoms with Crippen molar-refractivity contribution in [1.29, 1.82) is 0 Å². The molecule has 0 aliphatic carbocycles. The van der Waals surface area contributed by atoms with Crippen LogP contribution in [0.15, 0.2) is 46.3 Å². The third-order valence-electron chi connectivity index (χ3n) is 5.30. The summed E-state index contributed by atoms with van der Waals surface area (Å²) in [4.78, 5) is 30.5. The quantitative estimate of drug-likeness (QED) is 0.466. The number of rotatable bonds is 5. The van der Waals surface area contributed by atoms with Gasteiger partial charge in [-0.2, -0.15) is 0 Å². The van der Waals surface area contributed by atoms with Gasteiger partial charge in [0.2, 0.25) is 16.8 Å². The van der Waals surface area contributed by atoms with Gasteiger partial charge >= 0.3 is 11.3 Å². The number of H-pyrrole nitrogens is 1. The lowest BCUT2D eigenvalue weighted by Gasteiger charge is -2.32. The smallest absolute Gasteiger partial charge is 0.325 e. The molecule has 2 heterocycles. The monoisotopic (exact) mass is 455 g/mol. The number of fused-ring (bicyclic) bond motifs is 3. The van der Waals surface area contributed by atoms with Gasteiger partial charge in [-0.05, 0) is 35.2 Å². The summed E-state index contributed by atoms with van der Waals surface area (Å²) in [7, 11) is 4.56.